The molecule has 2 N–H and O–H groups in total. The van der Waals surface area contributed by atoms with Gasteiger partial charge in [-0.2, -0.15) is 0 Å². The molecule has 144 valence electrons. The van der Waals surface area contributed by atoms with Gasteiger partial charge < -0.3 is 10.6 Å². The summed E-state index contributed by atoms with van der Waals surface area (Å²) < 4.78 is 0. The van der Waals surface area contributed by atoms with Crippen LogP contribution in [0.15, 0.2) is 29.4 Å². The van der Waals surface area contributed by atoms with Crippen molar-refractivity contribution in [1.29, 1.82) is 0 Å². The molecule has 0 aliphatic carbocycles. The fourth-order valence-corrected chi connectivity index (χ4v) is 2.85. The van der Waals surface area contributed by atoms with Crippen molar-refractivity contribution in [2.24, 2.45) is 10.9 Å². The largest absolute Gasteiger partial charge is 0.357 e. The van der Waals surface area contributed by atoms with E-state index in [1.54, 1.807) is 0 Å². The molecule has 0 amide bonds. The number of nitrogens with zero attached hydrogens (tertiary/aromatic N) is 3. The third-order valence-electron chi connectivity index (χ3n) is 4.05. The van der Waals surface area contributed by atoms with E-state index in [0.717, 1.165) is 37.8 Å². The SMILES string of the molecule is CCNC(=NCc1ccccn1)NCC(CC(C)C)N(CC)CC.I. The number of hydrogen-bond donors (Lipinski definition) is 2. The van der Waals surface area contributed by atoms with Gasteiger partial charge in [0.05, 0.1) is 12.2 Å². The third-order valence-corrected chi connectivity index (χ3v) is 4.05. The Balaban J connectivity index is 0.00000576. The summed E-state index contributed by atoms with van der Waals surface area (Å²) in [5, 5.41) is 6.84. The summed E-state index contributed by atoms with van der Waals surface area (Å²) in [7, 11) is 0. The van der Waals surface area contributed by atoms with Crippen LogP contribution in [0.4, 0.5) is 0 Å². The van der Waals surface area contributed by atoms with Crippen molar-refractivity contribution in [2.75, 3.05) is 26.2 Å². The summed E-state index contributed by atoms with van der Waals surface area (Å²) in [6.45, 7) is 15.7. The summed E-state index contributed by atoms with van der Waals surface area (Å²) in [5.41, 5.74) is 0.983. The highest BCUT2D eigenvalue weighted by Crippen LogP contribution is 2.10. The van der Waals surface area contributed by atoms with E-state index in [4.69, 9.17) is 0 Å². The minimum atomic E-state index is 0. The molecule has 0 aliphatic rings. The number of nitrogens with one attached hydrogen (secondary N) is 2. The first-order valence-corrected chi connectivity index (χ1v) is 9.26. The molecule has 1 aromatic rings. The zero-order chi connectivity index (χ0) is 17.8. The Morgan fingerprint density at radius 3 is 2.40 bits per heavy atom. The Morgan fingerprint density at radius 2 is 1.88 bits per heavy atom. The number of likely N-dealkylation sites (N-methyl/N-ethyl adjacent to an activating group) is 1. The number of halogens is 1. The van der Waals surface area contributed by atoms with E-state index in [1.807, 2.05) is 24.4 Å². The van der Waals surface area contributed by atoms with E-state index >= 15 is 0 Å². The molecule has 0 aromatic carbocycles. The summed E-state index contributed by atoms with van der Waals surface area (Å²) in [6.07, 6.45) is 3.00. The lowest BCUT2D eigenvalue weighted by molar-refractivity contribution is 0.191. The van der Waals surface area contributed by atoms with Gasteiger partial charge in [0.25, 0.3) is 0 Å². The maximum Gasteiger partial charge on any atom is 0.191 e. The molecule has 1 atom stereocenters. The standard InChI is InChI=1S/C19H35N5.HI/c1-6-20-19(22-14-17-11-9-10-12-21-17)23-15-18(13-16(4)5)24(7-2)8-3;/h9-12,16,18H,6-8,13-15H2,1-5H3,(H2,20,22,23);1H. The molecule has 0 saturated heterocycles. The Hall–Kier alpha value is -0.890. The van der Waals surface area contributed by atoms with Gasteiger partial charge in [-0.1, -0.05) is 33.8 Å². The van der Waals surface area contributed by atoms with Crippen LogP contribution in [0.1, 0.15) is 46.7 Å². The number of rotatable bonds is 10. The zero-order valence-corrected chi connectivity index (χ0v) is 18.8. The van der Waals surface area contributed by atoms with Gasteiger partial charge in [0.15, 0.2) is 5.96 Å². The number of guanidine groups is 1. The second kappa shape index (κ2) is 14.3. The normalized spacial score (nSPS) is 12.8. The quantitative estimate of drug-likeness (QED) is 0.318. The van der Waals surface area contributed by atoms with Gasteiger partial charge in [-0.25, -0.2) is 4.99 Å². The highest BCUT2D eigenvalue weighted by Gasteiger charge is 2.17. The fourth-order valence-electron chi connectivity index (χ4n) is 2.85. The lowest BCUT2D eigenvalue weighted by atomic mass is 10.0. The molecule has 0 saturated carbocycles. The van der Waals surface area contributed by atoms with E-state index in [2.05, 4.69) is 60.1 Å². The molecule has 0 aliphatic heterocycles. The Bertz CT molecular complexity index is 460. The van der Waals surface area contributed by atoms with Gasteiger partial charge in [-0.3, -0.25) is 9.88 Å². The molecule has 0 bridgehead atoms. The number of hydrogen-bond acceptors (Lipinski definition) is 3. The molecule has 6 heteroatoms. The molecule has 1 aromatic heterocycles. The highest BCUT2D eigenvalue weighted by atomic mass is 127. The predicted molar refractivity (Wildman–Crippen MR) is 119 cm³/mol. The maximum atomic E-state index is 4.66. The van der Waals surface area contributed by atoms with Crippen molar-refractivity contribution >= 4 is 29.9 Å². The van der Waals surface area contributed by atoms with Crippen molar-refractivity contribution in [3.8, 4) is 0 Å². The Labute approximate surface area is 171 Å². The minimum Gasteiger partial charge on any atom is -0.357 e. The van der Waals surface area contributed by atoms with Crippen molar-refractivity contribution in [2.45, 2.75) is 53.6 Å². The van der Waals surface area contributed by atoms with Gasteiger partial charge in [0.2, 0.25) is 0 Å². The summed E-state index contributed by atoms with van der Waals surface area (Å²) >= 11 is 0. The van der Waals surface area contributed by atoms with Crippen LogP contribution in [0.25, 0.3) is 0 Å². The second-order valence-corrected chi connectivity index (χ2v) is 6.40. The summed E-state index contributed by atoms with van der Waals surface area (Å²) in [6, 6.07) is 6.46. The van der Waals surface area contributed by atoms with Crippen LogP contribution in [-0.4, -0.2) is 48.1 Å². The summed E-state index contributed by atoms with van der Waals surface area (Å²) in [4.78, 5) is 11.5. The minimum absolute atomic E-state index is 0. The van der Waals surface area contributed by atoms with Crippen LogP contribution < -0.4 is 10.6 Å². The molecule has 1 heterocycles. The molecular formula is C19H36IN5. The van der Waals surface area contributed by atoms with Gasteiger partial charge in [0, 0.05) is 25.3 Å². The lowest BCUT2D eigenvalue weighted by Crippen LogP contribution is -2.47. The number of pyridine rings is 1. The molecule has 0 spiro atoms. The van der Waals surface area contributed by atoms with Gasteiger partial charge in [-0.05, 0) is 44.5 Å². The monoisotopic (exact) mass is 461 g/mol. The highest BCUT2D eigenvalue weighted by molar-refractivity contribution is 14.0. The van der Waals surface area contributed by atoms with E-state index in [9.17, 15) is 0 Å². The smallest absolute Gasteiger partial charge is 0.191 e. The Kier molecular flexibility index (Phi) is 13.8. The fraction of sp³-hybridized carbons (Fsp3) is 0.684. The third kappa shape index (κ3) is 9.99. The second-order valence-electron chi connectivity index (χ2n) is 6.40. The van der Waals surface area contributed by atoms with Crippen LogP contribution in [0.2, 0.25) is 0 Å². The molecule has 0 fully saturated rings. The van der Waals surface area contributed by atoms with Crippen LogP contribution in [0.5, 0.6) is 0 Å². The van der Waals surface area contributed by atoms with Gasteiger partial charge in [-0.15, -0.1) is 24.0 Å². The van der Waals surface area contributed by atoms with Crippen LogP contribution in [-0.2, 0) is 6.54 Å². The van der Waals surface area contributed by atoms with Crippen LogP contribution >= 0.6 is 24.0 Å². The lowest BCUT2D eigenvalue weighted by Gasteiger charge is -2.31. The van der Waals surface area contributed by atoms with E-state index in [1.165, 1.54) is 6.42 Å². The first-order valence-electron chi connectivity index (χ1n) is 9.26. The first-order chi connectivity index (χ1) is 11.6. The van der Waals surface area contributed by atoms with Crippen LogP contribution in [0, 0.1) is 5.92 Å². The number of aromatic nitrogens is 1. The van der Waals surface area contributed by atoms with Gasteiger partial charge in [0.1, 0.15) is 0 Å². The van der Waals surface area contributed by atoms with Gasteiger partial charge >= 0.3 is 0 Å². The van der Waals surface area contributed by atoms with E-state index < -0.39 is 0 Å². The van der Waals surface area contributed by atoms with E-state index in [-0.39, 0.29) is 24.0 Å². The Morgan fingerprint density at radius 1 is 1.16 bits per heavy atom. The van der Waals surface area contributed by atoms with Crippen LogP contribution in [0.3, 0.4) is 0 Å². The zero-order valence-electron chi connectivity index (χ0n) is 16.5. The molecule has 1 rings (SSSR count). The van der Waals surface area contributed by atoms with E-state index in [0.29, 0.717) is 18.5 Å². The number of aliphatic imine (C=N–C) groups is 1. The molecule has 25 heavy (non-hydrogen) atoms. The predicted octanol–water partition coefficient (Wildman–Crippen LogP) is 3.51. The molecule has 0 radical (unpaired) electrons. The summed E-state index contributed by atoms with van der Waals surface area (Å²) in [5.74, 6) is 1.55. The average molecular weight is 461 g/mol. The van der Waals surface area contributed by atoms with Crippen molar-refractivity contribution in [3.05, 3.63) is 30.1 Å². The maximum absolute atomic E-state index is 4.66. The average Bonchev–Trinajstić information content (AvgIpc) is 2.58. The molecule has 5 nitrogen and oxygen atoms in total. The topological polar surface area (TPSA) is 52.6 Å². The molecular weight excluding hydrogens is 425 g/mol. The van der Waals surface area contributed by atoms with Crippen molar-refractivity contribution in [3.63, 3.8) is 0 Å². The van der Waals surface area contributed by atoms with Crippen molar-refractivity contribution < 1.29 is 0 Å². The van der Waals surface area contributed by atoms with Crippen molar-refractivity contribution in [1.82, 2.24) is 20.5 Å². The molecule has 1 unspecified atom stereocenters. The first kappa shape index (κ1) is 24.1.